The van der Waals surface area contributed by atoms with Crippen LogP contribution in [-0.2, 0) is 28.4 Å². The van der Waals surface area contributed by atoms with Crippen LogP contribution >= 0.6 is 0 Å². The highest BCUT2D eigenvalue weighted by atomic mass is 16.5. The van der Waals surface area contributed by atoms with Gasteiger partial charge >= 0.3 is 0 Å². The van der Waals surface area contributed by atoms with Crippen molar-refractivity contribution in [3.63, 3.8) is 0 Å². The summed E-state index contributed by atoms with van der Waals surface area (Å²) in [4.78, 5) is 8.63. The second kappa shape index (κ2) is 23.8. The van der Waals surface area contributed by atoms with Crippen molar-refractivity contribution in [2.75, 3.05) is 127 Å². The number of nitrogens with one attached hydrogen (secondary N) is 4. The van der Waals surface area contributed by atoms with Crippen molar-refractivity contribution in [1.29, 1.82) is 0 Å². The zero-order chi connectivity index (χ0) is 29.2. The molecule has 3 rings (SSSR count). The smallest absolute Gasteiger partial charge is 0.0701 e. The van der Waals surface area contributed by atoms with Crippen molar-refractivity contribution in [2.45, 2.75) is 25.7 Å². The van der Waals surface area contributed by atoms with E-state index in [2.05, 4.69) is 43.4 Å². The van der Waals surface area contributed by atoms with Gasteiger partial charge in [-0.15, -0.1) is 0 Å². The summed E-state index contributed by atoms with van der Waals surface area (Å²) < 4.78 is 33.9. The van der Waals surface area contributed by atoms with Gasteiger partial charge in [-0.1, -0.05) is 0 Å². The van der Waals surface area contributed by atoms with Gasteiger partial charge in [-0.25, -0.2) is 0 Å². The van der Waals surface area contributed by atoms with Crippen LogP contribution in [0.25, 0.3) is 0 Å². The predicted molar refractivity (Wildman–Crippen MR) is 166 cm³/mol. The lowest BCUT2D eigenvalue weighted by molar-refractivity contribution is 0.0145. The third kappa shape index (κ3) is 17.3. The Balaban J connectivity index is 1.30. The number of rotatable bonds is 0. The molecule has 0 radical (unpaired) electrons. The zero-order valence-electron chi connectivity index (χ0n) is 25.0. The number of ether oxygens (including phenoxy) is 6. The second-order valence-electron chi connectivity index (χ2n) is 9.72. The van der Waals surface area contributed by atoms with E-state index in [9.17, 15) is 0 Å². The third-order valence-corrected chi connectivity index (χ3v) is 6.14. The zero-order valence-corrected chi connectivity index (χ0v) is 25.0. The maximum absolute atomic E-state index is 5.67. The van der Waals surface area contributed by atoms with Gasteiger partial charge in [0.25, 0.3) is 0 Å². The summed E-state index contributed by atoms with van der Waals surface area (Å²) in [5.74, 6) is 0. The first kappa shape index (κ1) is 33.8. The highest BCUT2D eigenvalue weighted by Gasteiger charge is 2.00. The molecular weight excluding hydrogens is 540 g/mol. The molecule has 0 aromatic carbocycles. The average molecular weight is 591 g/mol. The molecule has 0 saturated carbocycles. The van der Waals surface area contributed by atoms with Crippen LogP contribution in [0.3, 0.4) is 0 Å². The van der Waals surface area contributed by atoms with E-state index in [1.165, 1.54) is 0 Å². The van der Waals surface area contributed by atoms with E-state index in [0.29, 0.717) is 79.3 Å². The van der Waals surface area contributed by atoms with Gasteiger partial charge in [0.15, 0.2) is 0 Å². The second-order valence-corrected chi connectivity index (χ2v) is 9.72. The lowest BCUT2D eigenvalue weighted by Gasteiger charge is -2.11. The maximum atomic E-state index is 5.67. The Morgan fingerprint density at radius 2 is 0.595 bits per heavy atom. The Bertz CT molecular complexity index is 791. The molecule has 1 aliphatic rings. The minimum absolute atomic E-state index is 0.569. The van der Waals surface area contributed by atoms with Gasteiger partial charge in [0.2, 0.25) is 0 Å². The van der Waals surface area contributed by atoms with E-state index < -0.39 is 0 Å². The normalized spacial score (nSPS) is 19.6. The SMILES string of the molecule is c1ncc2cc1NCCCOCCOCCOCCCNc1cncc(c1)NCCCOCCOCCOCCCN2. The van der Waals surface area contributed by atoms with Gasteiger partial charge < -0.3 is 49.7 Å². The van der Waals surface area contributed by atoms with Gasteiger partial charge in [-0.3, -0.25) is 9.97 Å². The largest absolute Gasteiger partial charge is 0.384 e. The van der Waals surface area contributed by atoms with Gasteiger partial charge in [-0.05, 0) is 37.8 Å². The number of fused-ring (bicyclic) bond motifs is 4. The van der Waals surface area contributed by atoms with E-state index in [1.807, 2.05) is 24.8 Å². The molecule has 0 amide bonds. The average Bonchev–Trinajstić information content (AvgIpc) is 3.01. The molecule has 0 unspecified atom stereocenters. The van der Waals surface area contributed by atoms with Crippen molar-refractivity contribution in [3.8, 4) is 0 Å². The quantitative estimate of drug-likeness (QED) is 0.358. The minimum Gasteiger partial charge on any atom is -0.384 e. The molecule has 4 bridgehead atoms. The molecule has 3 heterocycles. The van der Waals surface area contributed by atoms with Crippen molar-refractivity contribution in [3.05, 3.63) is 36.9 Å². The molecule has 236 valence electrons. The van der Waals surface area contributed by atoms with E-state index in [-0.39, 0.29) is 0 Å². The first-order chi connectivity index (χ1) is 20.9. The van der Waals surface area contributed by atoms with Crippen molar-refractivity contribution in [2.24, 2.45) is 0 Å². The van der Waals surface area contributed by atoms with Crippen LogP contribution in [0.2, 0.25) is 0 Å². The summed E-state index contributed by atoms with van der Waals surface area (Å²) in [6.07, 6.45) is 10.9. The Kier molecular flexibility index (Phi) is 19.1. The molecule has 12 nitrogen and oxygen atoms in total. The summed E-state index contributed by atoms with van der Waals surface area (Å²) in [5.41, 5.74) is 3.95. The fourth-order valence-corrected chi connectivity index (χ4v) is 3.98. The molecule has 0 saturated heterocycles. The van der Waals surface area contributed by atoms with Crippen LogP contribution < -0.4 is 21.3 Å². The fourth-order valence-electron chi connectivity index (χ4n) is 3.98. The molecule has 42 heavy (non-hydrogen) atoms. The monoisotopic (exact) mass is 590 g/mol. The van der Waals surface area contributed by atoms with Crippen LogP contribution in [0.15, 0.2) is 36.9 Å². The first-order valence-electron chi connectivity index (χ1n) is 15.2. The number of anilines is 4. The molecule has 1 aliphatic heterocycles. The van der Waals surface area contributed by atoms with Crippen molar-refractivity contribution < 1.29 is 28.4 Å². The lowest BCUT2D eigenvalue weighted by atomic mass is 10.3. The number of hydrogen-bond donors (Lipinski definition) is 4. The summed E-state index contributed by atoms with van der Waals surface area (Å²) >= 11 is 0. The van der Waals surface area contributed by atoms with Gasteiger partial charge in [0.05, 0.1) is 100 Å². The fraction of sp³-hybridized carbons (Fsp3) is 0.667. The van der Waals surface area contributed by atoms with E-state index in [4.69, 9.17) is 28.4 Å². The summed E-state index contributed by atoms with van der Waals surface area (Å²) in [6.45, 7) is 10.6. The molecule has 2 aromatic rings. The highest BCUT2D eigenvalue weighted by molar-refractivity contribution is 5.54. The van der Waals surface area contributed by atoms with Gasteiger partial charge in [-0.2, -0.15) is 0 Å². The molecule has 2 aromatic heterocycles. The Morgan fingerprint density at radius 1 is 0.357 bits per heavy atom. The Labute approximate surface area is 250 Å². The Morgan fingerprint density at radius 3 is 0.857 bits per heavy atom. The van der Waals surface area contributed by atoms with E-state index in [0.717, 1.165) is 74.6 Å². The minimum atomic E-state index is 0.569. The molecule has 0 atom stereocenters. The van der Waals surface area contributed by atoms with Crippen molar-refractivity contribution >= 4 is 22.7 Å². The lowest BCUT2D eigenvalue weighted by Crippen LogP contribution is -2.13. The van der Waals surface area contributed by atoms with Crippen molar-refractivity contribution in [1.82, 2.24) is 9.97 Å². The van der Waals surface area contributed by atoms with E-state index in [1.54, 1.807) is 0 Å². The van der Waals surface area contributed by atoms with E-state index >= 15 is 0 Å². The topological polar surface area (TPSA) is 129 Å². The molecular formula is C30H50N6O6. The van der Waals surface area contributed by atoms with Gasteiger partial charge in [0, 0.05) is 52.6 Å². The summed E-state index contributed by atoms with van der Waals surface area (Å²) in [6, 6.07) is 4.13. The molecule has 12 heteroatoms. The number of hydrogen-bond acceptors (Lipinski definition) is 12. The summed E-state index contributed by atoms with van der Waals surface area (Å²) in [5, 5.41) is 13.6. The van der Waals surface area contributed by atoms with Crippen LogP contribution in [0.1, 0.15) is 25.7 Å². The molecule has 0 fully saturated rings. The van der Waals surface area contributed by atoms with Crippen LogP contribution in [-0.4, -0.2) is 115 Å². The Hall–Kier alpha value is -2.74. The highest BCUT2D eigenvalue weighted by Crippen LogP contribution is 2.14. The predicted octanol–water partition coefficient (Wildman–Crippen LogP) is 3.50. The third-order valence-electron chi connectivity index (χ3n) is 6.14. The standard InChI is InChI=1S/C30H50N6O6/c1-5-33-27-21-28(24-31-23-27)34-6-2-10-39-15-19-42-20-16-40-12-4-8-36-30-22-29(25-32-26-30)35-7-3-11-38-14-18-41-17-13-37-9-1/h21-26,33-36H,1-20H2. The van der Waals surface area contributed by atoms with Crippen LogP contribution in [0.4, 0.5) is 22.7 Å². The molecule has 4 N–H and O–H groups in total. The number of pyridine rings is 2. The maximum Gasteiger partial charge on any atom is 0.0701 e. The van der Waals surface area contributed by atoms with Crippen LogP contribution in [0.5, 0.6) is 0 Å². The van der Waals surface area contributed by atoms with Crippen LogP contribution in [0, 0.1) is 0 Å². The number of aromatic nitrogens is 2. The molecule has 0 spiro atoms. The first-order valence-corrected chi connectivity index (χ1v) is 15.2. The number of nitrogens with zero attached hydrogens (tertiary/aromatic N) is 2. The summed E-state index contributed by atoms with van der Waals surface area (Å²) in [7, 11) is 0. The molecule has 0 aliphatic carbocycles. The van der Waals surface area contributed by atoms with Gasteiger partial charge in [0.1, 0.15) is 0 Å².